The van der Waals surface area contributed by atoms with Crippen molar-refractivity contribution in [2.75, 3.05) is 4.90 Å². The molecule has 7 aromatic carbocycles. The summed E-state index contributed by atoms with van der Waals surface area (Å²) in [6.07, 6.45) is 3.64. The van der Waals surface area contributed by atoms with Crippen LogP contribution >= 0.6 is 0 Å². The van der Waals surface area contributed by atoms with Crippen LogP contribution in [0.15, 0.2) is 199 Å². The molecule has 0 amide bonds. The summed E-state index contributed by atoms with van der Waals surface area (Å²) in [5.41, 5.74) is 14.5. The molecule has 2 heterocycles. The van der Waals surface area contributed by atoms with E-state index in [1.54, 1.807) is 6.20 Å². The molecule has 9 rings (SSSR count). The van der Waals surface area contributed by atoms with Crippen LogP contribution in [0.1, 0.15) is 0 Å². The first kappa shape index (κ1) is 29.4. The van der Waals surface area contributed by atoms with Crippen molar-refractivity contribution in [2.24, 2.45) is 0 Å². The predicted octanol–water partition coefficient (Wildman–Crippen LogP) is 13.1. The molecule has 50 heavy (non-hydrogen) atoms. The minimum atomic E-state index is 0.856. The van der Waals surface area contributed by atoms with Gasteiger partial charge in [-0.05, 0) is 105 Å². The molecule has 0 saturated heterocycles. The third-order valence-electron chi connectivity index (χ3n) is 9.39. The molecule has 0 radical (unpaired) electrons. The summed E-state index contributed by atoms with van der Waals surface area (Å²) in [7, 11) is 0. The summed E-state index contributed by atoms with van der Waals surface area (Å²) in [6.45, 7) is 0. The van der Waals surface area contributed by atoms with Crippen LogP contribution in [0.3, 0.4) is 0 Å². The first-order valence-corrected chi connectivity index (χ1v) is 16.9. The van der Waals surface area contributed by atoms with E-state index in [1.807, 2.05) is 12.3 Å². The number of pyridine rings is 1. The summed E-state index contributed by atoms with van der Waals surface area (Å²) >= 11 is 0. The van der Waals surface area contributed by atoms with Gasteiger partial charge in [0.25, 0.3) is 0 Å². The van der Waals surface area contributed by atoms with Gasteiger partial charge in [-0.1, -0.05) is 121 Å². The average molecular weight is 641 g/mol. The first-order valence-electron chi connectivity index (χ1n) is 16.9. The fourth-order valence-corrected chi connectivity index (χ4v) is 6.80. The van der Waals surface area contributed by atoms with Crippen LogP contribution in [-0.2, 0) is 0 Å². The topological polar surface area (TPSA) is 29.3 Å². The Hall–Kier alpha value is -6.71. The monoisotopic (exact) mass is 640 g/mol. The molecule has 0 fully saturated rings. The van der Waals surface area contributed by atoms with Crippen molar-refractivity contribution >= 4 is 39.0 Å². The third-order valence-corrected chi connectivity index (χ3v) is 9.39. The maximum atomic E-state index is 6.04. The molecular weight excluding hydrogens is 609 g/mol. The van der Waals surface area contributed by atoms with Crippen LogP contribution in [0.25, 0.3) is 66.4 Å². The van der Waals surface area contributed by atoms with Crippen LogP contribution < -0.4 is 4.90 Å². The maximum absolute atomic E-state index is 6.04. The van der Waals surface area contributed by atoms with Crippen molar-refractivity contribution < 1.29 is 4.42 Å². The summed E-state index contributed by atoms with van der Waals surface area (Å²) in [4.78, 5) is 6.64. The standard InChI is InChI=1S/C47H32N2O/c1-3-8-33(9-4-1)35-14-21-41(22-15-35)49(42-23-16-36(17-24-42)34-10-5-2-6-11-34)43-25-18-37(19-26-43)38-12-7-13-39(30-38)40-20-27-46-44(31-40)45-32-48-29-28-47(45)50-46/h1-32H. The Labute approximate surface area is 291 Å². The van der Waals surface area contributed by atoms with Crippen molar-refractivity contribution in [3.63, 3.8) is 0 Å². The third kappa shape index (κ3) is 5.61. The Morgan fingerprint density at radius 1 is 0.340 bits per heavy atom. The number of nitrogens with zero attached hydrogens (tertiary/aromatic N) is 2. The number of benzene rings is 7. The second-order valence-corrected chi connectivity index (χ2v) is 12.5. The van der Waals surface area contributed by atoms with E-state index in [-0.39, 0.29) is 0 Å². The molecule has 0 aliphatic heterocycles. The van der Waals surface area contributed by atoms with Crippen LogP contribution in [-0.4, -0.2) is 4.98 Å². The highest BCUT2D eigenvalue weighted by atomic mass is 16.3. The quantitative estimate of drug-likeness (QED) is 0.174. The fourth-order valence-electron chi connectivity index (χ4n) is 6.80. The summed E-state index contributed by atoms with van der Waals surface area (Å²) in [5.74, 6) is 0. The van der Waals surface area contributed by atoms with Gasteiger partial charge in [0.15, 0.2) is 0 Å². The van der Waals surface area contributed by atoms with Gasteiger partial charge < -0.3 is 9.32 Å². The van der Waals surface area contributed by atoms with Crippen molar-refractivity contribution in [3.8, 4) is 44.5 Å². The SMILES string of the molecule is c1ccc(-c2ccc(N(c3ccc(-c4ccccc4)cc3)c3ccc(-c4cccc(-c5ccc6oc7ccncc7c6c5)c4)cc3)cc2)cc1. The number of anilines is 3. The Bertz CT molecular complexity index is 2470. The lowest BCUT2D eigenvalue weighted by Gasteiger charge is -2.26. The van der Waals surface area contributed by atoms with Gasteiger partial charge in [0.05, 0.1) is 0 Å². The molecule has 236 valence electrons. The van der Waals surface area contributed by atoms with Gasteiger partial charge in [-0.15, -0.1) is 0 Å². The molecule has 3 nitrogen and oxygen atoms in total. The molecule has 0 bridgehead atoms. The molecular formula is C47H32N2O. The number of furan rings is 1. The molecule has 0 aliphatic carbocycles. The number of hydrogen-bond donors (Lipinski definition) is 0. The van der Waals surface area contributed by atoms with Crippen molar-refractivity contribution in [3.05, 3.63) is 194 Å². The Balaban J connectivity index is 1.06. The number of hydrogen-bond acceptors (Lipinski definition) is 3. The average Bonchev–Trinajstić information content (AvgIpc) is 3.58. The van der Waals surface area contributed by atoms with Gasteiger partial charge in [-0.3, -0.25) is 4.98 Å². The largest absolute Gasteiger partial charge is 0.456 e. The van der Waals surface area contributed by atoms with E-state index in [9.17, 15) is 0 Å². The van der Waals surface area contributed by atoms with Gasteiger partial charge >= 0.3 is 0 Å². The first-order chi connectivity index (χ1) is 24.8. The Kier molecular flexibility index (Phi) is 7.49. The zero-order valence-electron chi connectivity index (χ0n) is 27.3. The fraction of sp³-hybridized carbons (Fsp3) is 0. The normalized spacial score (nSPS) is 11.2. The zero-order chi connectivity index (χ0) is 33.3. The van der Waals surface area contributed by atoms with Crippen molar-refractivity contribution in [2.45, 2.75) is 0 Å². The number of aromatic nitrogens is 1. The maximum Gasteiger partial charge on any atom is 0.138 e. The van der Waals surface area contributed by atoms with Gasteiger partial charge in [-0.2, -0.15) is 0 Å². The van der Waals surface area contributed by atoms with Crippen LogP contribution in [0.4, 0.5) is 17.1 Å². The van der Waals surface area contributed by atoms with Crippen LogP contribution in [0.5, 0.6) is 0 Å². The Morgan fingerprint density at radius 3 is 1.32 bits per heavy atom. The highest BCUT2D eigenvalue weighted by Gasteiger charge is 2.14. The highest BCUT2D eigenvalue weighted by molar-refractivity contribution is 6.06. The van der Waals surface area contributed by atoms with E-state index in [2.05, 4.69) is 186 Å². The molecule has 9 aromatic rings. The number of rotatable bonds is 7. The minimum Gasteiger partial charge on any atom is -0.456 e. The van der Waals surface area contributed by atoms with E-state index < -0.39 is 0 Å². The van der Waals surface area contributed by atoms with Crippen LogP contribution in [0, 0.1) is 0 Å². The van der Waals surface area contributed by atoms with E-state index in [0.29, 0.717) is 0 Å². The second-order valence-electron chi connectivity index (χ2n) is 12.5. The Morgan fingerprint density at radius 2 is 0.760 bits per heavy atom. The summed E-state index contributed by atoms with van der Waals surface area (Å²) < 4.78 is 6.04. The molecule has 0 saturated carbocycles. The predicted molar refractivity (Wildman–Crippen MR) is 208 cm³/mol. The van der Waals surface area contributed by atoms with Gasteiger partial charge in [0.1, 0.15) is 11.2 Å². The van der Waals surface area contributed by atoms with Gasteiger partial charge in [-0.25, -0.2) is 0 Å². The minimum absolute atomic E-state index is 0.856. The lowest BCUT2D eigenvalue weighted by Crippen LogP contribution is -2.09. The van der Waals surface area contributed by atoms with Gasteiger partial charge in [0.2, 0.25) is 0 Å². The molecule has 0 atom stereocenters. The van der Waals surface area contributed by atoms with E-state index in [1.165, 1.54) is 27.8 Å². The van der Waals surface area contributed by atoms with E-state index >= 15 is 0 Å². The van der Waals surface area contributed by atoms with E-state index in [0.717, 1.165) is 55.7 Å². The van der Waals surface area contributed by atoms with Crippen molar-refractivity contribution in [1.29, 1.82) is 0 Å². The molecule has 2 aromatic heterocycles. The second kappa shape index (κ2) is 12.7. The van der Waals surface area contributed by atoms with E-state index in [4.69, 9.17) is 4.42 Å². The molecule has 0 unspecified atom stereocenters. The molecule has 0 N–H and O–H groups in total. The summed E-state index contributed by atoms with van der Waals surface area (Å²) in [6, 6.07) is 64.6. The van der Waals surface area contributed by atoms with Crippen molar-refractivity contribution in [1.82, 2.24) is 4.98 Å². The molecule has 0 spiro atoms. The zero-order valence-corrected chi connectivity index (χ0v) is 27.3. The number of fused-ring (bicyclic) bond motifs is 3. The lowest BCUT2D eigenvalue weighted by molar-refractivity contribution is 0.668. The molecule has 3 heteroatoms. The lowest BCUT2D eigenvalue weighted by atomic mass is 9.97. The van der Waals surface area contributed by atoms with Gasteiger partial charge in [0, 0.05) is 40.2 Å². The highest BCUT2D eigenvalue weighted by Crippen LogP contribution is 2.38. The smallest absolute Gasteiger partial charge is 0.138 e. The summed E-state index contributed by atoms with van der Waals surface area (Å²) in [5, 5.41) is 2.11. The molecule has 0 aliphatic rings. The van der Waals surface area contributed by atoms with Crippen LogP contribution in [0.2, 0.25) is 0 Å².